The first-order valence-corrected chi connectivity index (χ1v) is 10.6. The van der Waals surface area contributed by atoms with E-state index in [2.05, 4.69) is 22.8 Å². The summed E-state index contributed by atoms with van der Waals surface area (Å²) in [5, 5.41) is 14.6. The van der Waals surface area contributed by atoms with Crippen molar-refractivity contribution in [3.63, 3.8) is 0 Å². The van der Waals surface area contributed by atoms with Crippen molar-refractivity contribution in [1.82, 2.24) is 5.32 Å². The summed E-state index contributed by atoms with van der Waals surface area (Å²) in [4.78, 5) is 22.6. The van der Waals surface area contributed by atoms with E-state index in [4.69, 9.17) is 5.11 Å². The van der Waals surface area contributed by atoms with E-state index in [-0.39, 0.29) is 12.5 Å². The highest BCUT2D eigenvalue weighted by Crippen LogP contribution is 2.54. The first-order chi connectivity index (χ1) is 13.6. The van der Waals surface area contributed by atoms with E-state index in [9.17, 15) is 9.59 Å². The van der Waals surface area contributed by atoms with Gasteiger partial charge < -0.3 is 15.7 Å². The van der Waals surface area contributed by atoms with Crippen LogP contribution < -0.4 is 10.6 Å². The highest BCUT2D eigenvalue weighted by atomic mass is 16.4. The minimum Gasteiger partial charge on any atom is -0.481 e. The number of aliphatic carboxylic acids is 1. The topological polar surface area (TPSA) is 78.4 Å². The predicted octanol–water partition coefficient (Wildman–Crippen LogP) is 5.06. The molecule has 0 aliphatic heterocycles. The van der Waals surface area contributed by atoms with Gasteiger partial charge >= 0.3 is 12.0 Å². The van der Waals surface area contributed by atoms with E-state index in [1.165, 1.54) is 19.3 Å². The van der Waals surface area contributed by atoms with E-state index in [0.29, 0.717) is 24.8 Å². The molecule has 3 rings (SSSR count). The second-order valence-corrected chi connectivity index (χ2v) is 8.19. The van der Waals surface area contributed by atoms with Gasteiger partial charge in [-0.1, -0.05) is 30.4 Å². The smallest absolute Gasteiger partial charge is 0.319 e. The number of benzene rings is 1. The van der Waals surface area contributed by atoms with Crippen LogP contribution in [-0.4, -0.2) is 23.7 Å². The Morgan fingerprint density at radius 1 is 1.07 bits per heavy atom. The second-order valence-electron chi connectivity index (χ2n) is 8.19. The molecule has 0 radical (unpaired) electrons. The average molecular weight is 385 g/mol. The Bertz CT molecular complexity index is 674. The molecule has 1 aromatic rings. The number of rotatable bonds is 10. The van der Waals surface area contributed by atoms with Gasteiger partial charge in [0.05, 0.1) is 0 Å². The van der Waals surface area contributed by atoms with Gasteiger partial charge in [-0.15, -0.1) is 0 Å². The van der Waals surface area contributed by atoms with Crippen LogP contribution in [0, 0.1) is 23.7 Å². The number of carbonyl (C=O) groups excluding carboxylic acids is 1. The van der Waals surface area contributed by atoms with Crippen LogP contribution in [0.25, 0.3) is 0 Å². The van der Waals surface area contributed by atoms with Crippen molar-refractivity contribution < 1.29 is 14.7 Å². The lowest BCUT2D eigenvalue weighted by molar-refractivity contribution is -0.137. The van der Waals surface area contributed by atoms with Crippen molar-refractivity contribution in [1.29, 1.82) is 0 Å². The molecule has 0 aromatic heterocycles. The van der Waals surface area contributed by atoms with Crippen molar-refractivity contribution in [2.45, 2.75) is 51.4 Å². The van der Waals surface area contributed by atoms with Crippen LogP contribution in [0.5, 0.6) is 0 Å². The van der Waals surface area contributed by atoms with Crippen molar-refractivity contribution in [2.24, 2.45) is 23.7 Å². The Morgan fingerprint density at radius 2 is 1.82 bits per heavy atom. The summed E-state index contributed by atoms with van der Waals surface area (Å²) in [6.07, 6.45) is 12.4. The number of carboxylic acids is 1. The fourth-order valence-electron chi connectivity index (χ4n) is 5.14. The van der Waals surface area contributed by atoms with E-state index >= 15 is 0 Å². The summed E-state index contributed by atoms with van der Waals surface area (Å²) in [5.41, 5.74) is 0.811. The van der Waals surface area contributed by atoms with Gasteiger partial charge in [-0.25, -0.2) is 4.79 Å². The van der Waals surface area contributed by atoms with Crippen LogP contribution in [0.1, 0.15) is 51.4 Å². The molecule has 0 spiro atoms. The number of amides is 2. The number of carboxylic acid groups (broad SMARTS) is 1. The number of allylic oxidation sites excluding steroid dienone is 2. The Labute approximate surface area is 167 Å². The van der Waals surface area contributed by atoms with Crippen LogP contribution in [0.3, 0.4) is 0 Å². The van der Waals surface area contributed by atoms with Crippen LogP contribution >= 0.6 is 0 Å². The summed E-state index contributed by atoms with van der Waals surface area (Å²) in [7, 11) is 0. The summed E-state index contributed by atoms with van der Waals surface area (Å²) in [6.45, 7) is 0.714. The summed E-state index contributed by atoms with van der Waals surface area (Å²) in [6, 6.07) is 9.38. The Morgan fingerprint density at radius 3 is 2.57 bits per heavy atom. The Kier molecular flexibility index (Phi) is 7.52. The number of para-hydroxylation sites is 1. The third kappa shape index (κ3) is 5.85. The van der Waals surface area contributed by atoms with Gasteiger partial charge in [0, 0.05) is 18.7 Å². The van der Waals surface area contributed by atoms with E-state index in [1.54, 1.807) is 0 Å². The number of unbranched alkanes of at least 4 members (excludes halogenated alkanes) is 1. The van der Waals surface area contributed by atoms with Crippen molar-refractivity contribution >= 4 is 17.7 Å². The molecule has 2 fully saturated rings. The van der Waals surface area contributed by atoms with Gasteiger partial charge in [-0.3, -0.25) is 4.79 Å². The molecule has 1 aromatic carbocycles. The molecule has 5 heteroatoms. The van der Waals surface area contributed by atoms with Gasteiger partial charge in [0.15, 0.2) is 0 Å². The van der Waals surface area contributed by atoms with Gasteiger partial charge in [-0.05, 0) is 80.8 Å². The molecule has 2 saturated carbocycles. The van der Waals surface area contributed by atoms with E-state index < -0.39 is 5.97 Å². The lowest BCUT2D eigenvalue weighted by Crippen LogP contribution is -2.32. The quantitative estimate of drug-likeness (QED) is 0.390. The monoisotopic (exact) mass is 384 g/mol. The zero-order valence-electron chi connectivity index (χ0n) is 16.5. The number of carbonyl (C=O) groups is 2. The van der Waals surface area contributed by atoms with Gasteiger partial charge in [0.25, 0.3) is 0 Å². The van der Waals surface area contributed by atoms with Gasteiger partial charge in [0.1, 0.15) is 0 Å². The number of urea groups is 1. The van der Waals surface area contributed by atoms with Crippen LogP contribution in [-0.2, 0) is 4.79 Å². The van der Waals surface area contributed by atoms with Gasteiger partial charge in [-0.2, -0.15) is 0 Å². The van der Waals surface area contributed by atoms with Crippen molar-refractivity contribution in [3.05, 3.63) is 42.5 Å². The molecule has 5 nitrogen and oxygen atoms in total. The second kappa shape index (κ2) is 10.3. The number of hydrogen-bond donors (Lipinski definition) is 3. The van der Waals surface area contributed by atoms with Crippen molar-refractivity contribution in [2.75, 3.05) is 11.9 Å². The minimum absolute atomic E-state index is 0.135. The highest BCUT2D eigenvalue weighted by molar-refractivity contribution is 5.89. The average Bonchev–Trinajstić information content (AvgIpc) is 3.27. The summed E-state index contributed by atoms with van der Waals surface area (Å²) < 4.78 is 0. The molecule has 4 unspecified atom stereocenters. The van der Waals surface area contributed by atoms with Gasteiger partial charge in [0.2, 0.25) is 0 Å². The Balaban J connectivity index is 1.40. The Hall–Kier alpha value is -2.30. The lowest BCUT2D eigenvalue weighted by atomic mass is 9.76. The molecule has 2 bridgehead atoms. The third-order valence-corrected chi connectivity index (χ3v) is 6.41. The van der Waals surface area contributed by atoms with E-state index in [0.717, 1.165) is 36.8 Å². The zero-order valence-corrected chi connectivity index (χ0v) is 16.5. The minimum atomic E-state index is -0.717. The molecule has 28 heavy (non-hydrogen) atoms. The molecular formula is C23H32N2O3. The van der Waals surface area contributed by atoms with Crippen LogP contribution in [0.2, 0.25) is 0 Å². The maximum absolute atomic E-state index is 12.1. The lowest BCUT2D eigenvalue weighted by Gasteiger charge is -2.30. The molecule has 0 saturated heterocycles. The molecule has 3 N–H and O–H groups in total. The molecule has 152 valence electrons. The molecule has 2 aliphatic carbocycles. The maximum Gasteiger partial charge on any atom is 0.319 e. The third-order valence-electron chi connectivity index (χ3n) is 6.41. The highest BCUT2D eigenvalue weighted by Gasteiger charge is 2.46. The molecular weight excluding hydrogens is 352 g/mol. The fourth-order valence-corrected chi connectivity index (χ4v) is 5.14. The SMILES string of the molecule is O=C(O)CCC/C=C\CC1C2CCC(C2)C1CCNC(=O)Nc1ccccc1. The normalized spacial score (nSPS) is 25.9. The van der Waals surface area contributed by atoms with Crippen molar-refractivity contribution in [3.8, 4) is 0 Å². The molecule has 0 heterocycles. The van der Waals surface area contributed by atoms with E-state index in [1.807, 2.05) is 30.3 Å². The molecule has 2 aliphatic rings. The number of nitrogens with one attached hydrogen (secondary N) is 2. The summed E-state index contributed by atoms with van der Waals surface area (Å²) >= 11 is 0. The zero-order chi connectivity index (χ0) is 19.8. The molecule has 2 amide bonds. The number of hydrogen-bond acceptors (Lipinski definition) is 2. The number of anilines is 1. The first kappa shape index (κ1) is 20.4. The standard InChI is InChI=1S/C23H32N2O3/c26-22(27)11-7-2-1-6-10-20-17-12-13-18(16-17)21(20)14-15-24-23(28)25-19-8-4-3-5-9-19/h1,3-6,8-9,17-18,20-21H,2,7,10-16H2,(H,26,27)(H2,24,25,28)/b6-1-. The maximum atomic E-state index is 12.1. The predicted molar refractivity (Wildman–Crippen MR) is 111 cm³/mol. The fraction of sp³-hybridized carbons (Fsp3) is 0.565. The van der Waals surface area contributed by atoms with Crippen LogP contribution in [0.4, 0.5) is 10.5 Å². The summed E-state index contributed by atoms with van der Waals surface area (Å²) in [5.74, 6) is 2.34. The first-order valence-electron chi connectivity index (χ1n) is 10.6. The molecule has 4 atom stereocenters. The van der Waals surface area contributed by atoms with Crippen LogP contribution in [0.15, 0.2) is 42.5 Å². The largest absolute Gasteiger partial charge is 0.481 e. The number of fused-ring (bicyclic) bond motifs is 2.